The monoisotopic (exact) mass is 525 g/mol. The summed E-state index contributed by atoms with van der Waals surface area (Å²) in [5, 5.41) is 5.08. The zero-order valence-electron chi connectivity index (χ0n) is 17.0. The van der Waals surface area contributed by atoms with Crippen LogP contribution in [0, 0.1) is 0 Å². The molecule has 0 unspecified atom stereocenters. The molecule has 0 aliphatic carbocycles. The first kappa shape index (κ1) is 22.4. The van der Waals surface area contributed by atoms with Gasteiger partial charge in [0, 0.05) is 44.6 Å². The van der Waals surface area contributed by atoms with Crippen molar-refractivity contribution in [3.05, 3.63) is 31.9 Å². The first-order valence-corrected chi connectivity index (χ1v) is 12.8. The number of likely N-dealkylation sites (tertiary alicyclic amines) is 1. The molecule has 1 N–H and O–H groups in total. The molecule has 0 bridgehead atoms. The number of rotatable bonds is 6. The molecule has 3 amide bonds. The van der Waals surface area contributed by atoms with Crippen LogP contribution in [-0.4, -0.2) is 83.2 Å². The number of thiazole rings is 1. The van der Waals surface area contributed by atoms with Gasteiger partial charge in [-0.15, -0.1) is 22.7 Å². The van der Waals surface area contributed by atoms with E-state index in [2.05, 4.69) is 31.1 Å². The van der Waals surface area contributed by atoms with Gasteiger partial charge in [-0.2, -0.15) is 0 Å². The van der Waals surface area contributed by atoms with Gasteiger partial charge in [-0.1, -0.05) is 0 Å². The van der Waals surface area contributed by atoms with Crippen molar-refractivity contribution in [3.63, 3.8) is 0 Å². The normalized spacial score (nSPS) is 17.2. The Labute approximate surface area is 197 Å². The van der Waals surface area contributed by atoms with E-state index >= 15 is 0 Å². The van der Waals surface area contributed by atoms with Crippen molar-refractivity contribution in [2.45, 2.75) is 19.3 Å². The molecule has 2 fully saturated rings. The molecular formula is C20H24BrN5O3S2. The van der Waals surface area contributed by atoms with Gasteiger partial charge in [0.15, 0.2) is 5.13 Å². The van der Waals surface area contributed by atoms with Crippen molar-refractivity contribution in [3.8, 4) is 0 Å². The fourth-order valence-corrected chi connectivity index (χ4v) is 5.71. The summed E-state index contributed by atoms with van der Waals surface area (Å²) < 4.78 is 0.892. The van der Waals surface area contributed by atoms with Crippen LogP contribution in [0.2, 0.25) is 0 Å². The minimum absolute atomic E-state index is 0.0240. The highest BCUT2D eigenvalue weighted by Gasteiger charge is 2.25. The van der Waals surface area contributed by atoms with Crippen LogP contribution in [0.25, 0.3) is 0 Å². The molecule has 2 aromatic rings. The maximum Gasteiger partial charge on any atom is 0.267 e. The SMILES string of the molecule is O=C(Nc1nc(CC(=O)N2CCN(CC(=O)N3CCCC3)CC2)cs1)c1ccc(Br)s1. The van der Waals surface area contributed by atoms with Gasteiger partial charge < -0.3 is 9.80 Å². The Kier molecular flexibility index (Phi) is 7.36. The number of hydrogen-bond donors (Lipinski definition) is 1. The second-order valence-corrected chi connectivity index (χ2v) is 10.9. The molecule has 4 rings (SSSR count). The molecule has 0 spiro atoms. The largest absolute Gasteiger partial charge is 0.342 e. The number of nitrogens with one attached hydrogen (secondary N) is 1. The average molecular weight is 526 g/mol. The van der Waals surface area contributed by atoms with Gasteiger partial charge in [0.2, 0.25) is 11.8 Å². The Morgan fingerprint density at radius 2 is 1.71 bits per heavy atom. The summed E-state index contributed by atoms with van der Waals surface area (Å²) in [7, 11) is 0. The number of anilines is 1. The first-order valence-electron chi connectivity index (χ1n) is 10.3. The van der Waals surface area contributed by atoms with Crippen LogP contribution in [0.5, 0.6) is 0 Å². The first-order chi connectivity index (χ1) is 15.0. The van der Waals surface area contributed by atoms with Crippen molar-refractivity contribution in [2.75, 3.05) is 51.1 Å². The third-order valence-corrected chi connectivity index (χ3v) is 7.87. The lowest BCUT2D eigenvalue weighted by molar-refractivity contribution is -0.134. The molecule has 0 aromatic carbocycles. The van der Waals surface area contributed by atoms with Crippen molar-refractivity contribution >= 4 is 61.5 Å². The molecule has 0 radical (unpaired) electrons. The van der Waals surface area contributed by atoms with E-state index in [0.29, 0.717) is 48.4 Å². The van der Waals surface area contributed by atoms with E-state index in [1.54, 1.807) is 6.07 Å². The number of hydrogen-bond acceptors (Lipinski definition) is 7. The van der Waals surface area contributed by atoms with E-state index in [0.717, 1.165) is 29.7 Å². The van der Waals surface area contributed by atoms with Crippen molar-refractivity contribution in [2.24, 2.45) is 0 Å². The summed E-state index contributed by atoms with van der Waals surface area (Å²) in [6.07, 6.45) is 2.41. The van der Waals surface area contributed by atoms with Gasteiger partial charge in [-0.3, -0.25) is 24.6 Å². The van der Waals surface area contributed by atoms with Gasteiger partial charge >= 0.3 is 0 Å². The highest BCUT2D eigenvalue weighted by atomic mass is 79.9. The molecule has 2 aromatic heterocycles. The minimum atomic E-state index is -0.206. The van der Waals surface area contributed by atoms with Crippen LogP contribution in [-0.2, 0) is 16.0 Å². The van der Waals surface area contributed by atoms with Crippen LogP contribution in [0.3, 0.4) is 0 Å². The average Bonchev–Trinajstić information content (AvgIpc) is 3.51. The molecule has 2 aliphatic heterocycles. The van der Waals surface area contributed by atoms with Gasteiger partial charge in [-0.25, -0.2) is 4.98 Å². The number of carbonyl (C=O) groups is 3. The van der Waals surface area contributed by atoms with Crippen LogP contribution in [0.15, 0.2) is 21.3 Å². The Bertz CT molecular complexity index is 948. The lowest BCUT2D eigenvalue weighted by Crippen LogP contribution is -2.51. The Morgan fingerprint density at radius 3 is 2.39 bits per heavy atom. The fraction of sp³-hybridized carbons (Fsp3) is 0.500. The van der Waals surface area contributed by atoms with E-state index in [-0.39, 0.29) is 24.1 Å². The quantitative estimate of drug-likeness (QED) is 0.626. The van der Waals surface area contributed by atoms with Crippen LogP contribution >= 0.6 is 38.6 Å². The molecule has 0 atom stereocenters. The highest BCUT2D eigenvalue weighted by molar-refractivity contribution is 9.11. The van der Waals surface area contributed by atoms with Crippen LogP contribution in [0.1, 0.15) is 28.2 Å². The Balaban J connectivity index is 1.22. The number of thiophene rings is 1. The number of carbonyl (C=O) groups excluding carboxylic acids is 3. The number of piperazine rings is 1. The van der Waals surface area contributed by atoms with E-state index in [1.807, 2.05) is 21.2 Å². The molecule has 8 nitrogen and oxygen atoms in total. The lowest BCUT2D eigenvalue weighted by atomic mass is 10.2. The second-order valence-electron chi connectivity index (χ2n) is 7.62. The lowest BCUT2D eigenvalue weighted by Gasteiger charge is -2.35. The third kappa shape index (κ3) is 5.91. The summed E-state index contributed by atoms with van der Waals surface area (Å²) in [5.74, 6) is 0.0163. The van der Waals surface area contributed by atoms with Gasteiger partial charge in [0.05, 0.1) is 27.3 Å². The molecular weight excluding hydrogens is 502 g/mol. The summed E-state index contributed by atoms with van der Waals surface area (Å²) in [6, 6.07) is 3.58. The van der Waals surface area contributed by atoms with E-state index in [4.69, 9.17) is 0 Å². The van der Waals surface area contributed by atoms with Crippen LogP contribution < -0.4 is 5.32 Å². The van der Waals surface area contributed by atoms with Crippen molar-refractivity contribution in [1.82, 2.24) is 19.7 Å². The van der Waals surface area contributed by atoms with E-state index in [9.17, 15) is 14.4 Å². The molecule has 2 saturated heterocycles. The van der Waals surface area contributed by atoms with Crippen molar-refractivity contribution < 1.29 is 14.4 Å². The van der Waals surface area contributed by atoms with E-state index in [1.165, 1.54) is 22.7 Å². The third-order valence-electron chi connectivity index (χ3n) is 5.44. The summed E-state index contributed by atoms with van der Waals surface area (Å²) >= 11 is 6.02. The standard InChI is InChI=1S/C20H24BrN5O3S2/c21-16-4-3-15(31-16)19(29)23-20-22-14(13-30-20)11-17(27)26-9-7-24(8-10-26)12-18(28)25-5-1-2-6-25/h3-4,13H,1-2,5-12H2,(H,22,23,29). The number of aromatic nitrogens is 1. The predicted molar refractivity (Wildman–Crippen MR) is 125 cm³/mol. The summed E-state index contributed by atoms with van der Waals surface area (Å²) in [5.41, 5.74) is 0.657. The molecule has 2 aliphatic rings. The van der Waals surface area contributed by atoms with Gasteiger partial charge in [0.1, 0.15) is 0 Å². The number of amides is 3. The molecule has 31 heavy (non-hydrogen) atoms. The predicted octanol–water partition coefficient (Wildman–Crippen LogP) is 2.53. The smallest absolute Gasteiger partial charge is 0.267 e. The summed E-state index contributed by atoms with van der Waals surface area (Å²) in [4.78, 5) is 48.1. The van der Waals surface area contributed by atoms with E-state index < -0.39 is 0 Å². The number of halogens is 1. The van der Waals surface area contributed by atoms with Crippen LogP contribution in [0.4, 0.5) is 5.13 Å². The topological polar surface area (TPSA) is 85.9 Å². The fourth-order valence-electron chi connectivity index (χ4n) is 3.72. The van der Waals surface area contributed by atoms with Gasteiger partial charge in [0.25, 0.3) is 5.91 Å². The maximum absolute atomic E-state index is 12.7. The molecule has 0 saturated carbocycles. The number of nitrogens with zero attached hydrogens (tertiary/aromatic N) is 4. The zero-order valence-corrected chi connectivity index (χ0v) is 20.2. The zero-order chi connectivity index (χ0) is 21.8. The summed E-state index contributed by atoms with van der Waals surface area (Å²) in [6.45, 7) is 4.84. The molecule has 11 heteroatoms. The maximum atomic E-state index is 12.7. The molecule has 166 valence electrons. The minimum Gasteiger partial charge on any atom is -0.342 e. The van der Waals surface area contributed by atoms with Crippen molar-refractivity contribution in [1.29, 1.82) is 0 Å². The molecule has 4 heterocycles. The van der Waals surface area contributed by atoms with Gasteiger partial charge in [-0.05, 0) is 40.9 Å². The highest BCUT2D eigenvalue weighted by Crippen LogP contribution is 2.24. The Hall–Kier alpha value is -1.82. The second kappa shape index (κ2) is 10.2. The Morgan fingerprint density at radius 1 is 1.00 bits per heavy atom.